The first-order chi connectivity index (χ1) is 16.2. The van der Waals surface area contributed by atoms with Crippen molar-refractivity contribution in [3.8, 4) is 11.8 Å². The van der Waals surface area contributed by atoms with Crippen molar-refractivity contribution in [3.63, 3.8) is 0 Å². The molecule has 0 aromatic rings. The molecule has 0 saturated carbocycles. The minimum atomic E-state index is 0.141. The van der Waals surface area contributed by atoms with Gasteiger partial charge in [-0.1, -0.05) is 80.1 Å². The highest BCUT2D eigenvalue weighted by Gasteiger charge is 2.06. The zero-order valence-electron chi connectivity index (χ0n) is 23.4. The van der Waals surface area contributed by atoms with Gasteiger partial charge in [-0.2, -0.15) is 0 Å². The SMILES string of the molecule is CC(C)CCCC(C)CCNC(=O)CCCC#CCCCC(=O)NCCC(C)CCCC(C)C. The molecule has 4 heteroatoms. The summed E-state index contributed by atoms with van der Waals surface area (Å²) in [6, 6.07) is 0. The van der Waals surface area contributed by atoms with Gasteiger partial charge >= 0.3 is 0 Å². The van der Waals surface area contributed by atoms with Crippen LogP contribution < -0.4 is 10.6 Å². The number of amides is 2. The highest BCUT2D eigenvalue weighted by molar-refractivity contribution is 5.76. The standard InChI is InChI=1S/C30H56N2O2/c1-25(2)15-13-17-27(5)21-23-31-29(33)19-11-9-7-8-10-12-20-30(34)32-24-22-28(6)18-14-16-26(3)4/h25-28H,9-24H2,1-6H3,(H,31,33)(H,32,34). The Hall–Kier alpha value is -1.50. The molecule has 0 bridgehead atoms. The number of unbranched alkanes of at least 4 members (excludes halogenated alkanes) is 2. The van der Waals surface area contributed by atoms with Crippen LogP contribution in [0.1, 0.15) is 131 Å². The molecule has 0 aliphatic carbocycles. The van der Waals surface area contributed by atoms with Crippen molar-refractivity contribution in [2.45, 2.75) is 131 Å². The molecular weight excluding hydrogens is 420 g/mol. The van der Waals surface area contributed by atoms with Crippen molar-refractivity contribution in [3.05, 3.63) is 0 Å². The minimum Gasteiger partial charge on any atom is -0.356 e. The van der Waals surface area contributed by atoms with Crippen LogP contribution in [0.2, 0.25) is 0 Å². The van der Waals surface area contributed by atoms with E-state index in [0.29, 0.717) is 24.7 Å². The van der Waals surface area contributed by atoms with E-state index >= 15 is 0 Å². The van der Waals surface area contributed by atoms with Crippen LogP contribution in [0, 0.1) is 35.5 Å². The molecule has 2 unspecified atom stereocenters. The zero-order chi connectivity index (χ0) is 25.6. The summed E-state index contributed by atoms with van der Waals surface area (Å²) in [5, 5.41) is 6.09. The Balaban J connectivity index is 3.59. The molecule has 198 valence electrons. The van der Waals surface area contributed by atoms with Crippen molar-refractivity contribution in [2.75, 3.05) is 13.1 Å². The summed E-state index contributed by atoms with van der Waals surface area (Å²) in [5.74, 6) is 9.48. The third-order valence-corrected chi connectivity index (χ3v) is 6.41. The van der Waals surface area contributed by atoms with Gasteiger partial charge in [0.1, 0.15) is 0 Å². The number of hydrogen-bond acceptors (Lipinski definition) is 2. The van der Waals surface area contributed by atoms with Crippen LogP contribution in [-0.4, -0.2) is 24.9 Å². The lowest BCUT2D eigenvalue weighted by Gasteiger charge is -2.12. The molecule has 0 rings (SSSR count). The summed E-state index contributed by atoms with van der Waals surface area (Å²) >= 11 is 0. The number of hydrogen-bond donors (Lipinski definition) is 2. The predicted octanol–water partition coefficient (Wildman–Crippen LogP) is 7.27. The van der Waals surface area contributed by atoms with Gasteiger partial charge in [-0.25, -0.2) is 0 Å². The van der Waals surface area contributed by atoms with E-state index in [4.69, 9.17) is 0 Å². The summed E-state index contributed by atoms with van der Waals surface area (Å²) in [7, 11) is 0. The number of carbonyl (C=O) groups excluding carboxylic acids is 2. The molecule has 2 atom stereocenters. The lowest BCUT2D eigenvalue weighted by molar-refractivity contribution is -0.122. The lowest BCUT2D eigenvalue weighted by Crippen LogP contribution is -2.25. The molecule has 0 spiro atoms. The first-order valence-corrected chi connectivity index (χ1v) is 14.2. The maximum absolute atomic E-state index is 11.9. The summed E-state index contributed by atoms with van der Waals surface area (Å²) < 4.78 is 0. The van der Waals surface area contributed by atoms with Crippen molar-refractivity contribution >= 4 is 11.8 Å². The largest absolute Gasteiger partial charge is 0.356 e. The minimum absolute atomic E-state index is 0.141. The zero-order valence-corrected chi connectivity index (χ0v) is 23.4. The highest BCUT2D eigenvalue weighted by Crippen LogP contribution is 2.15. The van der Waals surface area contributed by atoms with Crippen LogP contribution in [0.15, 0.2) is 0 Å². The monoisotopic (exact) mass is 476 g/mol. The number of nitrogens with one attached hydrogen (secondary N) is 2. The van der Waals surface area contributed by atoms with Crippen LogP contribution in [0.3, 0.4) is 0 Å². The first kappa shape index (κ1) is 32.5. The summed E-state index contributed by atoms with van der Waals surface area (Å²) in [5.41, 5.74) is 0. The Kier molecular flexibility index (Phi) is 21.0. The lowest BCUT2D eigenvalue weighted by atomic mass is 9.97. The molecule has 34 heavy (non-hydrogen) atoms. The van der Waals surface area contributed by atoms with E-state index in [1.54, 1.807) is 0 Å². The van der Waals surface area contributed by atoms with Crippen LogP contribution in [0.4, 0.5) is 0 Å². The molecule has 0 heterocycles. The van der Waals surface area contributed by atoms with Crippen LogP contribution in [-0.2, 0) is 9.59 Å². The summed E-state index contributed by atoms with van der Waals surface area (Å²) in [4.78, 5) is 23.9. The van der Waals surface area contributed by atoms with Gasteiger partial charge < -0.3 is 10.6 Å². The van der Waals surface area contributed by atoms with Crippen LogP contribution >= 0.6 is 0 Å². The van der Waals surface area contributed by atoms with Crippen LogP contribution in [0.25, 0.3) is 0 Å². The Morgan fingerprint density at radius 1 is 0.559 bits per heavy atom. The Morgan fingerprint density at radius 2 is 0.941 bits per heavy atom. The first-order valence-electron chi connectivity index (χ1n) is 14.2. The Morgan fingerprint density at radius 3 is 1.29 bits per heavy atom. The van der Waals surface area contributed by atoms with E-state index in [1.165, 1.54) is 38.5 Å². The van der Waals surface area contributed by atoms with Crippen molar-refractivity contribution in [1.29, 1.82) is 0 Å². The van der Waals surface area contributed by atoms with Gasteiger partial charge in [-0.15, -0.1) is 11.8 Å². The molecule has 0 aromatic heterocycles. The molecule has 0 saturated heterocycles. The van der Waals surface area contributed by atoms with E-state index in [2.05, 4.69) is 64.0 Å². The van der Waals surface area contributed by atoms with Crippen LogP contribution in [0.5, 0.6) is 0 Å². The smallest absolute Gasteiger partial charge is 0.220 e. The van der Waals surface area contributed by atoms with E-state index < -0.39 is 0 Å². The summed E-state index contributed by atoms with van der Waals surface area (Å²) in [6.07, 6.45) is 14.0. The predicted molar refractivity (Wildman–Crippen MR) is 146 cm³/mol. The average molecular weight is 477 g/mol. The van der Waals surface area contributed by atoms with Gasteiger partial charge in [0.05, 0.1) is 0 Å². The van der Waals surface area contributed by atoms with Crippen molar-refractivity contribution in [2.24, 2.45) is 23.7 Å². The molecular formula is C30H56N2O2. The van der Waals surface area contributed by atoms with E-state index in [1.807, 2.05) is 0 Å². The third kappa shape index (κ3) is 23.7. The topological polar surface area (TPSA) is 58.2 Å². The second-order valence-corrected chi connectivity index (χ2v) is 11.2. The molecule has 2 amide bonds. The number of carbonyl (C=O) groups is 2. The van der Waals surface area contributed by atoms with Gasteiger partial charge in [0.25, 0.3) is 0 Å². The highest BCUT2D eigenvalue weighted by atomic mass is 16.2. The van der Waals surface area contributed by atoms with Crippen molar-refractivity contribution in [1.82, 2.24) is 10.6 Å². The fourth-order valence-electron chi connectivity index (χ4n) is 3.98. The summed E-state index contributed by atoms with van der Waals surface area (Å²) in [6.45, 7) is 15.2. The molecule has 0 fully saturated rings. The quantitative estimate of drug-likeness (QED) is 0.143. The van der Waals surface area contributed by atoms with E-state index in [-0.39, 0.29) is 11.8 Å². The molecule has 0 aromatic carbocycles. The molecule has 2 N–H and O–H groups in total. The van der Waals surface area contributed by atoms with Gasteiger partial charge in [0.2, 0.25) is 11.8 Å². The molecule has 0 radical (unpaired) electrons. The molecule has 0 aliphatic rings. The van der Waals surface area contributed by atoms with Gasteiger partial charge in [0.15, 0.2) is 0 Å². The van der Waals surface area contributed by atoms with E-state index in [0.717, 1.165) is 63.5 Å². The molecule has 4 nitrogen and oxygen atoms in total. The second-order valence-electron chi connectivity index (χ2n) is 11.2. The normalized spacial score (nSPS) is 12.8. The number of rotatable bonds is 20. The fraction of sp³-hybridized carbons (Fsp3) is 0.867. The fourth-order valence-corrected chi connectivity index (χ4v) is 3.98. The average Bonchev–Trinajstić information content (AvgIpc) is 2.75. The second kappa shape index (κ2) is 22.0. The molecule has 0 aliphatic heterocycles. The van der Waals surface area contributed by atoms with Crippen molar-refractivity contribution < 1.29 is 9.59 Å². The van der Waals surface area contributed by atoms with Gasteiger partial charge in [-0.3, -0.25) is 9.59 Å². The Bertz CT molecular complexity index is 526. The maximum atomic E-state index is 11.9. The Labute approximate surface area is 212 Å². The maximum Gasteiger partial charge on any atom is 0.220 e. The van der Waals surface area contributed by atoms with E-state index in [9.17, 15) is 9.59 Å². The van der Waals surface area contributed by atoms with Gasteiger partial charge in [-0.05, 0) is 49.4 Å². The van der Waals surface area contributed by atoms with Gasteiger partial charge in [0, 0.05) is 38.8 Å². The third-order valence-electron chi connectivity index (χ3n) is 6.41.